The predicted octanol–water partition coefficient (Wildman–Crippen LogP) is 4.37. The van der Waals surface area contributed by atoms with Gasteiger partial charge in [-0.15, -0.1) is 0 Å². The van der Waals surface area contributed by atoms with E-state index in [4.69, 9.17) is 33.0 Å². The van der Waals surface area contributed by atoms with Gasteiger partial charge in [0, 0.05) is 12.4 Å². The van der Waals surface area contributed by atoms with Crippen molar-refractivity contribution in [3.05, 3.63) is 58.1 Å². The highest BCUT2D eigenvalue weighted by atomic mass is 35.5. The van der Waals surface area contributed by atoms with Gasteiger partial charge >= 0.3 is 11.9 Å². The second-order valence-corrected chi connectivity index (χ2v) is 6.95. The highest BCUT2D eigenvalue weighted by Crippen LogP contribution is 2.15. The van der Waals surface area contributed by atoms with E-state index in [1.165, 1.54) is 30.6 Å². The maximum atomic E-state index is 11.5. The third-order valence-electron chi connectivity index (χ3n) is 2.57. The van der Waals surface area contributed by atoms with Crippen molar-refractivity contribution in [1.82, 2.24) is 9.97 Å². The van der Waals surface area contributed by atoms with Crippen LogP contribution in [0.4, 0.5) is 0 Å². The summed E-state index contributed by atoms with van der Waals surface area (Å²) < 4.78 is 5.12. The SMILES string of the molecule is CC(C)(C)COC(=O)c1ccnc(Cl)c1.O=C(O)c1ccnc(Cl)c1. The van der Waals surface area contributed by atoms with Gasteiger partial charge in [-0.25, -0.2) is 19.6 Å². The number of nitrogens with zero attached hydrogens (tertiary/aromatic N) is 2. The number of esters is 1. The molecule has 0 bridgehead atoms. The first-order valence-electron chi connectivity index (χ1n) is 7.22. The van der Waals surface area contributed by atoms with E-state index in [0.717, 1.165) is 0 Å². The summed E-state index contributed by atoms with van der Waals surface area (Å²) in [5, 5.41) is 8.91. The number of carbonyl (C=O) groups excluding carboxylic acids is 1. The molecule has 1 N–H and O–H groups in total. The molecule has 0 saturated carbocycles. The van der Waals surface area contributed by atoms with Gasteiger partial charge in [-0.1, -0.05) is 44.0 Å². The van der Waals surface area contributed by atoms with Crippen LogP contribution in [0.1, 0.15) is 41.5 Å². The lowest BCUT2D eigenvalue weighted by atomic mass is 9.99. The normalized spacial score (nSPS) is 10.4. The van der Waals surface area contributed by atoms with Gasteiger partial charge in [0.25, 0.3) is 0 Å². The zero-order chi connectivity index (χ0) is 19.0. The van der Waals surface area contributed by atoms with E-state index in [-0.39, 0.29) is 22.1 Å². The number of halogens is 2. The van der Waals surface area contributed by atoms with E-state index in [9.17, 15) is 9.59 Å². The van der Waals surface area contributed by atoms with Crippen molar-refractivity contribution in [1.29, 1.82) is 0 Å². The van der Waals surface area contributed by atoms with Crippen molar-refractivity contribution in [3.8, 4) is 0 Å². The van der Waals surface area contributed by atoms with E-state index in [1.807, 2.05) is 20.8 Å². The van der Waals surface area contributed by atoms with Crippen LogP contribution in [0, 0.1) is 5.41 Å². The van der Waals surface area contributed by atoms with Crippen LogP contribution >= 0.6 is 23.2 Å². The minimum absolute atomic E-state index is 0.0352. The standard InChI is InChI=1S/C11H14ClNO2.C6H4ClNO2/c1-11(2,3)7-15-10(14)8-4-5-13-9(12)6-8;7-5-3-4(6(9)10)1-2-8-5/h4-6H,7H2,1-3H3;1-3H,(H,9,10). The van der Waals surface area contributed by atoms with Crippen molar-refractivity contribution >= 4 is 35.1 Å². The van der Waals surface area contributed by atoms with Crippen molar-refractivity contribution < 1.29 is 19.4 Å². The van der Waals surface area contributed by atoms with Gasteiger partial charge in [-0.3, -0.25) is 0 Å². The summed E-state index contributed by atoms with van der Waals surface area (Å²) in [6.07, 6.45) is 2.84. The lowest BCUT2D eigenvalue weighted by Crippen LogP contribution is -2.18. The molecule has 0 atom stereocenters. The average Bonchev–Trinajstić information content (AvgIpc) is 2.52. The summed E-state index contributed by atoms with van der Waals surface area (Å²) in [4.78, 5) is 29.2. The number of aromatic carboxylic acids is 1. The van der Waals surface area contributed by atoms with Crippen LogP contribution in [-0.4, -0.2) is 33.6 Å². The molecule has 134 valence electrons. The molecule has 6 nitrogen and oxygen atoms in total. The van der Waals surface area contributed by atoms with Gasteiger partial charge in [0.05, 0.1) is 17.7 Å². The summed E-state index contributed by atoms with van der Waals surface area (Å²) >= 11 is 11.1. The first-order chi connectivity index (χ1) is 11.6. The molecular formula is C17H18Cl2N2O4. The van der Waals surface area contributed by atoms with E-state index in [0.29, 0.717) is 17.3 Å². The van der Waals surface area contributed by atoms with E-state index >= 15 is 0 Å². The Kier molecular flexibility index (Phi) is 7.80. The van der Waals surface area contributed by atoms with Gasteiger partial charge in [0.15, 0.2) is 0 Å². The number of pyridine rings is 2. The maximum absolute atomic E-state index is 11.5. The average molecular weight is 385 g/mol. The monoisotopic (exact) mass is 384 g/mol. The van der Waals surface area contributed by atoms with Crippen molar-refractivity contribution in [2.45, 2.75) is 20.8 Å². The Morgan fingerprint density at radius 2 is 1.52 bits per heavy atom. The summed E-state index contributed by atoms with van der Waals surface area (Å²) in [5.74, 6) is -1.36. The molecule has 0 radical (unpaired) electrons. The predicted molar refractivity (Wildman–Crippen MR) is 95.2 cm³/mol. The number of ether oxygens (including phenoxy) is 1. The largest absolute Gasteiger partial charge is 0.478 e. The number of hydrogen-bond acceptors (Lipinski definition) is 5. The highest BCUT2D eigenvalue weighted by Gasteiger charge is 2.15. The number of carboxylic acids is 1. The summed E-state index contributed by atoms with van der Waals surface area (Å²) in [6.45, 7) is 6.38. The molecule has 2 heterocycles. The third kappa shape index (κ3) is 8.47. The summed E-state index contributed by atoms with van der Waals surface area (Å²) in [5.41, 5.74) is 0.547. The maximum Gasteiger partial charge on any atom is 0.338 e. The molecule has 0 aliphatic rings. The number of rotatable bonds is 3. The Balaban J connectivity index is 0.000000271. The lowest BCUT2D eigenvalue weighted by molar-refractivity contribution is 0.0366. The number of aromatic nitrogens is 2. The molecule has 0 fully saturated rings. The fourth-order valence-corrected chi connectivity index (χ4v) is 1.78. The second kappa shape index (κ2) is 9.34. The smallest absolute Gasteiger partial charge is 0.338 e. The van der Waals surface area contributed by atoms with Crippen molar-refractivity contribution in [2.24, 2.45) is 5.41 Å². The van der Waals surface area contributed by atoms with E-state index < -0.39 is 5.97 Å². The molecule has 2 aromatic heterocycles. The number of hydrogen-bond donors (Lipinski definition) is 1. The summed E-state index contributed by atoms with van der Waals surface area (Å²) in [6, 6.07) is 5.75. The lowest BCUT2D eigenvalue weighted by Gasteiger charge is -2.17. The first-order valence-corrected chi connectivity index (χ1v) is 7.97. The number of carbonyl (C=O) groups is 2. The van der Waals surface area contributed by atoms with Crippen LogP contribution in [0.15, 0.2) is 36.7 Å². The minimum Gasteiger partial charge on any atom is -0.478 e. The molecule has 0 aliphatic heterocycles. The molecule has 0 unspecified atom stereocenters. The molecule has 8 heteroatoms. The van der Waals surface area contributed by atoms with E-state index in [2.05, 4.69) is 9.97 Å². The molecule has 0 spiro atoms. The molecule has 0 amide bonds. The fraction of sp³-hybridized carbons (Fsp3) is 0.294. The Morgan fingerprint density at radius 1 is 1.04 bits per heavy atom. The zero-order valence-corrected chi connectivity index (χ0v) is 15.5. The first kappa shape index (κ1) is 20.9. The molecule has 2 rings (SSSR count). The van der Waals surface area contributed by atoms with Gasteiger partial charge < -0.3 is 9.84 Å². The Bertz CT molecular complexity index is 745. The van der Waals surface area contributed by atoms with Crippen molar-refractivity contribution in [2.75, 3.05) is 6.61 Å². The fourth-order valence-electron chi connectivity index (χ4n) is 1.43. The van der Waals surface area contributed by atoms with Crippen LogP contribution in [-0.2, 0) is 4.74 Å². The molecule has 0 aliphatic carbocycles. The molecule has 2 aromatic rings. The topological polar surface area (TPSA) is 89.4 Å². The molecule has 25 heavy (non-hydrogen) atoms. The van der Waals surface area contributed by atoms with Gasteiger partial charge in [-0.05, 0) is 29.7 Å². The van der Waals surface area contributed by atoms with Gasteiger partial charge in [0.1, 0.15) is 10.3 Å². The highest BCUT2D eigenvalue weighted by molar-refractivity contribution is 6.30. The van der Waals surface area contributed by atoms with E-state index in [1.54, 1.807) is 6.07 Å². The Labute approximate surface area is 155 Å². The summed E-state index contributed by atoms with van der Waals surface area (Å²) in [7, 11) is 0. The van der Waals surface area contributed by atoms with Gasteiger partial charge in [0.2, 0.25) is 0 Å². The Hall–Kier alpha value is -2.18. The quantitative estimate of drug-likeness (QED) is 0.623. The molecule has 0 aromatic carbocycles. The minimum atomic E-state index is -0.996. The van der Waals surface area contributed by atoms with Crippen molar-refractivity contribution in [3.63, 3.8) is 0 Å². The number of carboxylic acid groups (broad SMARTS) is 1. The van der Waals surface area contributed by atoms with Crippen LogP contribution in [0.25, 0.3) is 0 Å². The van der Waals surface area contributed by atoms with Crippen LogP contribution in [0.5, 0.6) is 0 Å². The molecular weight excluding hydrogens is 367 g/mol. The van der Waals surface area contributed by atoms with Crippen LogP contribution in [0.3, 0.4) is 0 Å². The van der Waals surface area contributed by atoms with Gasteiger partial charge in [-0.2, -0.15) is 0 Å². The van der Waals surface area contributed by atoms with Crippen LogP contribution < -0.4 is 0 Å². The third-order valence-corrected chi connectivity index (χ3v) is 2.99. The van der Waals surface area contributed by atoms with Crippen LogP contribution in [0.2, 0.25) is 10.3 Å². The Morgan fingerprint density at radius 3 is 1.92 bits per heavy atom. The second-order valence-electron chi connectivity index (χ2n) is 6.18. The zero-order valence-electron chi connectivity index (χ0n) is 14.0. The molecule has 0 saturated heterocycles.